The van der Waals surface area contributed by atoms with E-state index in [0.29, 0.717) is 6.07 Å². The number of halogens is 4. The molecule has 0 aliphatic carbocycles. The van der Waals surface area contributed by atoms with Crippen LogP contribution in [-0.4, -0.2) is 15.1 Å². The molecule has 5 nitrogen and oxygen atoms in total. The minimum atomic E-state index is -3.26. The lowest BCUT2D eigenvalue weighted by atomic mass is 10.2. The van der Waals surface area contributed by atoms with Crippen LogP contribution in [0.1, 0.15) is 22.5 Å². The van der Waals surface area contributed by atoms with Crippen molar-refractivity contribution in [3.05, 3.63) is 33.4 Å². The van der Waals surface area contributed by atoms with Crippen molar-refractivity contribution in [1.29, 1.82) is 0 Å². The highest BCUT2D eigenvalue weighted by Gasteiger charge is 2.26. The summed E-state index contributed by atoms with van der Waals surface area (Å²) in [6.45, 7) is 0. The second kappa shape index (κ2) is 4.44. The van der Waals surface area contributed by atoms with Gasteiger partial charge in [0.05, 0.1) is 10.5 Å². The maximum absolute atomic E-state index is 12.9. The summed E-state index contributed by atoms with van der Waals surface area (Å²) in [7, 11) is 0. The molecule has 1 aromatic rings. The molecule has 0 amide bonds. The molecule has 0 spiro atoms. The molecule has 0 aromatic carbocycles. The number of carbonyl (C=O) groups is 1. The lowest BCUT2D eigenvalue weighted by molar-refractivity contribution is -0.388. The molecule has 0 saturated carbocycles. The standard InChI is InChI=1S/C7H2ClF3N2O3/c8-5(14)2-1-3(13(15)16)7(11)12-4(2)6(9)10/h1,6H. The highest BCUT2D eigenvalue weighted by Crippen LogP contribution is 2.27. The van der Waals surface area contributed by atoms with Crippen LogP contribution in [0.4, 0.5) is 18.9 Å². The Morgan fingerprint density at radius 1 is 1.56 bits per heavy atom. The maximum Gasteiger partial charge on any atom is 0.324 e. The molecule has 0 atom stereocenters. The van der Waals surface area contributed by atoms with E-state index in [4.69, 9.17) is 11.6 Å². The van der Waals surface area contributed by atoms with Gasteiger partial charge in [-0.3, -0.25) is 14.9 Å². The van der Waals surface area contributed by atoms with Gasteiger partial charge in [-0.05, 0) is 11.6 Å². The summed E-state index contributed by atoms with van der Waals surface area (Å²) in [6, 6.07) is 0.332. The summed E-state index contributed by atoms with van der Waals surface area (Å²) >= 11 is 4.92. The predicted molar refractivity (Wildman–Crippen MR) is 46.0 cm³/mol. The quantitative estimate of drug-likeness (QED) is 0.359. The van der Waals surface area contributed by atoms with Gasteiger partial charge >= 0.3 is 5.69 Å². The Hall–Kier alpha value is -1.70. The van der Waals surface area contributed by atoms with Crippen molar-refractivity contribution in [3.63, 3.8) is 0 Å². The van der Waals surface area contributed by atoms with E-state index >= 15 is 0 Å². The second-order valence-corrected chi connectivity index (χ2v) is 2.91. The third kappa shape index (κ3) is 2.27. The molecule has 1 aromatic heterocycles. The number of nitrogens with zero attached hydrogens (tertiary/aromatic N) is 2. The van der Waals surface area contributed by atoms with Crippen LogP contribution in [0, 0.1) is 16.1 Å². The SMILES string of the molecule is O=C(Cl)c1cc([N+](=O)[O-])c(F)nc1C(F)F. The molecule has 1 heterocycles. The zero-order valence-electron chi connectivity index (χ0n) is 7.29. The first kappa shape index (κ1) is 12.4. The maximum atomic E-state index is 12.9. The first-order valence-electron chi connectivity index (χ1n) is 3.67. The summed E-state index contributed by atoms with van der Waals surface area (Å²) in [6.07, 6.45) is -3.26. The fraction of sp³-hybridized carbons (Fsp3) is 0.143. The number of carbonyl (C=O) groups excluding carboxylic acids is 1. The summed E-state index contributed by atoms with van der Waals surface area (Å²) in [5, 5.41) is 8.89. The van der Waals surface area contributed by atoms with Gasteiger partial charge < -0.3 is 0 Å². The van der Waals surface area contributed by atoms with Crippen LogP contribution in [0.5, 0.6) is 0 Å². The van der Waals surface area contributed by atoms with Crippen LogP contribution in [0.3, 0.4) is 0 Å². The van der Waals surface area contributed by atoms with Gasteiger partial charge in [0.15, 0.2) is 0 Å². The molecule has 0 bridgehead atoms. The van der Waals surface area contributed by atoms with Crippen molar-refractivity contribution in [1.82, 2.24) is 4.98 Å². The van der Waals surface area contributed by atoms with Gasteiger partial charge in [0.2, 0.25) is 0 Å². The van der Waals surface area contributed by atoms with Crippen LogP contribution in [-0.2, 0) is 0 Å². The smallest absolute Gasteiger partial charge is 0.276 e. The number of rotatable bonds is 3. The van der Waals surface area contributed by atoms with Gasteiger partial charge in [-0.2, -0.15) is 4.39 Å². The largest absolute Gasteiger partial charge is 0.324 e. The fourth-order valence-corrected chi connectivity index (χ4v) is 1.10. The highest BCUT2D eigenvalue weighted by atomic mass is 35.5. The Labute approximate surface area is 91.0 Å². The minimum absolute atomic E-state index is 0.332. The minimum Gasteiger partial charge on any atom is -0.276 e. The third-order valence-electron chi connectivity index (χ3n) is 1.60. The van der Waals surface area contributed by atoms with E-state index in [1.165, 1.54) is 0 Å². The van der Waals surface area contributed by atoms with Gasteiger partial charge in [0.25, 0.3) is 17.6 Å². The Kier molecular flexibility index (Phi) is 3.43. The predicted octanol–water partition coefficient (Wildman–Crippen LogP) is 2.45. The molecule has 0 aliphatic rings. The van der Waals surface area contributed by atoms with E-state index in [0.717, 1.165) is 0 Å². The molecule has 86 valence electrons. The normalized spacial score (nSPS) is 10.6. The van der Waals surface area contributed by atoms with Crippen LogP contribution in [0.25, 0.3) is 0 Å². The van der Waals surface area contributed by atoms with Gasteiger partial charge in [0, 0.05) is 6.07 Å². The number of pyridine rings is 1. The van der Waals surface area contributed by atoms with E-state index in [1.807, 2.05) is 0 Å². The van der Waals surface area contributed by atoms with E-state index in [2.05, 4.69) is 4.98 Å². The number of alkyl halides is 2. The second-order valence-electron chi connectivity index (χ2n) is 2.56. The average molecular weight is 255 g/mol. The topological polar surface area (TPSA) is 73.1 Å². The molecule has 9 heteroatoms. The monoisotopic (exact) mass is 254 g/mol. The zero-order valence-corrected chi connectivity index (χ0v) is 8.04. The Morgan fingerprint density at radius 3 is 2.50 bits per heavy atom. The first-order chi connectivity index (χ1) is 7.34. The van der Waals surface area contributed by atoms with Crippen LogP contribution in [0.2, 0.25) is 0 Å². The van der Waals surface area contributed by atoms with Gasteiger partial charge in [-0.1, -0.05) is 0 Å². The van der Waals surface area contributed by atoms with Crippen molar-refractivity contribution in [2.45, 2.75) is 6.43 Å². The van der Waals surface area contributed by atoms with Gasteiger partial charge in [0.1, 0.15) is 5.69 Å². The third-order valence-corrected chi connectivity index (χ3v) is 1.81. The Morgan fingerprint density at radius 2 is 2.12 bits per heavy atom. The number of hydrogen-bond donors (Lipinski definition) is 0. The number of nitro groups is 1. The van der Waals surface area contributed by atoms with Crippen molar-refractivity contribution in [2.75, 3.05) is 0 Å². The average Bonchev–Trinajstić information content (AvgIpc) is 2.15. The van der Waals surface area contributed by atoms with Crippen molar-refractivity contribution >= 4 is 22.5 Å². The fourth-order valence-electron chi connectivity index (χ4n) is 0.945. The molecule has 16 heavy (non-hydrogen) atoms. The van der Waals surface area contributed by atoms with Crippen LogP contribution >= 0.6 is 11.6 Å². The molecule has 1 rings (SSSR count). The number of hydrogen-bond acceptors (Lipinski definition) is 4. The lowest BCUT2D eigenvalue weighted by Crippen LogP contribution is -2.06. The molecule has 0 aliphatic heterocycles. The first-order valence-corrected chi connectivity index (χ1v) is 4.05. The highest BCUT2D eigenvalue weighted by molar-refractivity contribution is 6.67. The molecular formula is C7H2ClF3N2O3. The van der Waals surface area contributed by atoms with Gasteiger partial charge in [-0.25, -0.2) is 13.8 Å². The molecular weight excluding hydrogens is 253 g/mol. The van der Waals surface area contributed by atoms with Crippen LogP contribution in [0.15, 0.2) is 6.07 Å². The van der Waals surface area contributed by atoms with Gasteiger partial charge in [-0.15, -0.1) is 0 Å². The van der Waals surface area contributed by atoms with E-state index < -0.39 is 39.5 Å². The van der Waals surface area contributed by atoms with Crippen LogP contribution < -0.4 is 0 Å². The lowest BCUT2D eigenvalue weighted by Gasteiger charge is -2.04. The van der Waals surface area contributed by atoms with Crippen molar-refractivity contribution in [2.24, 2.45) is 0 Å². The van der Waals surface area contributed by atoms with E-state index in [1.54, 1.807) is 0 Å². The Balaban J connectivity index is 3.49. The Bertz CT molecular complexity index is 466. The number of aromatic nitrogens is 1. The van der Waals surface area contributed by atoms with E-state index in [-0.39, 0.29) is 0 Å². The molecule has 0 saturated heterocycles. The molecule has 0 fully saturated rings. The van der Waals surface area contributed by atoms with E-state index in [9.17, 15) is 28.1 Å². The molecule has 0 unspecified atom stereocenters. The summed E-state index contributed by atoms with van der Waals surface area (Å²) in [5.41, 5.74) is -3.29. The van der Waals surface area contributed by atoms with Crippen molar-refractivity contribution < 1.29 is 22.9 Å². The summed E-state index contributed by atoms with van der Waals surface area (Å²) < 4.78 is 37.4. The summed E-state index contributed by atoms with van der Waals surface area (Å²) in [5.74, 6) is -1.69. The zero-order chi connectivity index (χ0) is 12.5. The molecule has 0 radical (unpaired) electrons. The van der Waals surface area contributed by atoms with Crippen molar-refractivity contribution in [3.8, 4) is 0 Å². The summed E-state index contributed by atoms with van der Waals surface area (Å²) in [4.78, 5) is 22.4. The molecule has 0 N–H and O–H groups in total.